The summed E-state index contributed by atoms with van der Waals surface area (Å²) in [4.78, 5) is 0. The number of aryl methyl sites for hydroxylation is 2. The van der Waals surface area contributed by atoms with Crippen LogP contribution in [0.1, 0.15) is 22.3 Å². The van der Waals surface area contributed by atoms with Gasteiger partial charge in [-0.1, -0.05) is 0 Å². The van der Waals surface area contributed by atoms with E-state index in [9.17, 15) is 0 Å². The number of rotatable bonds is 2. The molecule has 0 unspecified atom stereocenters. The number of aromatic nitrogens is 2. The van der Waals surface area contributed by atoms with Crippen LogP contribution in [0, 0.1) is 36.5 Å². The molecule has 0 atom stereocenters. The van der Waals surface area contributed by atoms with Crippen LogP contribution in [0.3, 0.4) is 0 Å². The van der Waals surface area contributed by atoms with Crippen LogP contribution in [0.25, 0.3) is 0 Å². The summed E-state index contributed by atoms with van der Waals surface area (Å²) >= 11 is 0. The molecule has 1 aromatic carbocycles. The standard InChI is InChI=1S/C14H10N4O/c1-9-5-11(7-15)6-10(2)13(9)19-14-12(8-16)3-4-17-18-14/h3-6H,1-2H3. The zero-order chi connectivity index (χ0) is 13.8. The molecule has 0 saturated carbocycles. The molecule has 0 radical (unpaired) electrons. The molecule has 1 heterocycles. The summed E-state index contributed by atoms with van der Waals surface area (Å²) in [5.74, 6) is 0.761. The van der Waals surface area contributed by atoms with Gasteiger partial charge in [0.2, 0.25) is 0 Å². The molecule has 0 amide bonds. The fourth-order valence-corrected chi connectivity index (χ4v) is 1.75. The van der Waals surface area contributed by atoms with Gasteiger partial charge in [-0.3, -0.25) is 0 Å². The van der Waals surface area contributed by atoms with Crippen molar-refractivity contribution in [3.05, 3.63) is 46.6 Å². The second-order valence-corrected chi connectivity index (χ2v) is 4.01. The number of nitrogens with zero attached hydrogens (tertiary/aromatic N) is 4. The fraction of sp³-hybridized carbons (Fsp3) is 0.143. The molecule has 0 N–H and O–H groups in total. The SMILES string of the molecule is Cc1cc(C#N)cc(C)c1Oc1nnccc1C#N. The third kappa shape index (κ3) is 2.51. The Bertz CT molecular complexity index is 687. The smallest absolute Gasteiger partial charge is 0.256 e. The maximum absolute atomic E-state index is 8.98. The predicted molar refractivity (Wildman–Crippen MR) is 67.5 cm³/mol. The van der Waals surface area contributed by atoms with Crippen LogP contribution in [0.4, 0.5) is 0 Å². The number of hydrogen-bond acceptors (Lipinski definition) is 5. The van der Waals surface area contributed by atoms with Gasteiger partial charge in [0, 0.05) is 0 Å². The van der Waals surface area contributed by atoms with Crippen molar-refractivity contribution in [1.29, 1.82) is 10.5 Å². The quantitative estimate of drug-likeness (QED) is 0.818. The molecule has 0 spiro atoms. The Morgan fingerprint density at radius 2 is 1.79 bits per heavy atom. The lowest BCUT2D eigenvalue weighted by molar-refractivity contribution is 0.447. The molecule has 0 fully saturated rings. The zero-order valence-electron chi connectivity index (χ0n) is 10.5. The van der Waals surface area contributed by atoms with Crippen LogP contribution < -0.4 is 4.74 Å². The van der Waals surface area contributed by atoms with Gasteiger partial charge >= 0.3 is 0 Å². The molecule has 0 aliphatic heterocycles. The first kappa shape index (κ1) is 12.5. The van der Waals surface area contributed by atoms with E-state index < -0.39 is 0 Å². The number of benzene rings is 1. The van der Waals surface area contributed by atoms with Crippen molar-refractivity contribution in [2.75, 3.05) is 0 Å². The third-order valence-electron chi connectivity index (χ3n) is 2.60. The summed E-state index contributed by atoms with van der Waals surface area (Å²) in [6.07, 6.45) is 1.43. The topological polar surface area (TPSA) is 82.6 Å². The van der Waals surface area contributed by atoms with Gasteiger partial charge in [0.1, 0.15) is 17.4 Å². The Hall–Kier alpha value is -2.92. The average Bonchev–Trinajstić information content (AvgIpc) is 2.43. The number of nitriles is 2. The molecule has 5 nitrogen and oxygen atoms in total. The van der Waals surface area contributed by atoms with E-state index in [2.05, 4.69) is 16.3 Å². The van der Waals surface area contributed by atoms with Crippen LogP contribution >= 0.6 is 0 Å². The summed E-state index contributed by atoms with van der Waals surface area (Å²) in [5.41, 5.74) is 2.51. The number of hydrogen-bond donors (Lipinski definition) is 0. The van der Waals surface area contributed by atoms with Crippen molar-refractivity contribution in [1.82, 2.24) is 10.2 Å². The van der Waals surface area contributed by atoms with E-state index in [0.29, 0.717) is 16.9 Å². The molecule has 19 heavy (non-hydrogen) atoms. The van der Waals surface area contributed by atoms with E-state index >= 15 is 0 Å². The van der Waals surface area contributed by atoms with E-state index in [1.54, 1.807) is 12.1 Å². The molecule has 5 heteroatoms. The molecule has 1 aromatic heterocycles. The maximum Gasteiger partial charge on any atom is 0.256 e. The van der Waals surface area contributed by atoms with Crippen LogP contribution in [-0.4, -0.2) is 10.2 Å². The van der Waals surface area contributed by atoms with E-state index in [0.717, 1.165) is 11.1 Å². The second-order valence-electron chi connectivity index (χ2n) is 4.01. The lowest BCUT2D eigenvalue weighted by Crippen LogP contribution is -1.97. The summed E-state index contributed by atoms with van der Waals surface area (Å²) in [5, 5.41) is 25.4. The Balaban J connectivity index is 2.45. The van der Waals surface area contributed by atoms with Crippen molar-refractivity contribution >= 4 is 0 Å². The van der Waals surface area contributed by atoms with Gasteiger partial charge in [-0.2, -0.15) is 15.6 Å². The first-order chi connectivity index (χ1) is 9.15. The Morgan fingerprint density at radius 1 is 1.11 bits per heavy atom. The van der Waals surface area contributed by atoms with Crippen molar-refractivity contribution in [2.24, 2.45) is 0 Å². The van der Waals surface area contributed by atoms with E-state index in [1.165, 1.54) is 12.3 Å². The molecule has 92 valence electrons. The van der Waals surface area contributed by atoms with Gasteiger partial charge in [0.05, 0.1) is 17.8 Å². The van der Waals surface area contributed by atoms with Crippen molar-refractivity contribution < 1.29 is 4.74 Å². The van der Waals surface area contributed by atoms with Crippen LogP contribution in [-0.2, 0) is 0 Å². The maximum atomic E-state index is 8.98. The number of ether oxygens (including phenoxy) is 1. The van der Waals surface area contributed by atoms with Crippen molar-refractivity contribution in [3.8, 4) is 23.8 Å². The molecule has 0 aliphatic carbocycles. The van der Waals surface area contributed by atoms with Gasteiger partial charge in [-0.25, -0.2) is 0 Å². The molecular weight excluding hydrogens is 240 g/mol. The second kappa shape index (κ2) is 5.16. The van der Waals surface area contributed by atoms with Gasteiger partial charge in [-0.05, 0) is 43.2 Å². The third-order valence-corrected chi connectivity index (χ3v) is 2.60. The molecule has 2 rings (SSSR count). The minimum atomic E-state index is 0.168. The minimum Gasteiger partial charge on any atom is -0.436 e. The summed E-state index contributed by atoms with van der Waals surface area (Å²) in [7, 11) is 0. The van der Waals surface area contributed by atoms with Crippen LogP contribution in [0.2, 0.25) is 0 Å². The Kier molecular flexibility index (Phi) is 3.40. The zero-order valence-corrected chi connectivity index (χ0v) is 10.5. The first-order valence-corrected chi connectivity index (χ1v) is 5.56. The van der Waals surface area contributed by atoms with E-state index in [4.69, 9.17) is 15.3 Å². The molecule has 0 saturated heterocycles. The van der Waals surface area contributed by atoms with Crippen LogP contribution in [0.15, 0.2) is 24.4 Å². The largest absolute Gasteiger partial charge is 0.436 e. The predicted octanol–water partition coefficient (Wildman–Crippen LogP) is 2.63. The van der Waals surface area contributed by atoms with Crippen molar-refractivity contribution in [2.45, 2.75) is 13.8 Å². The highest BCUT2D eigenvalue weighted by Crippen LogP contribution is 2.29. The highest BCUT2D eigenvalue weighted by Gasteiger charge is 2.11. The Labute approximate surface area is 110 Å². The van der Waals surface area contributed by atoms with Crippen molar-refractivity contribution in [3.63, 3.8) is 0 Å². The Morgan fingerprint density at radius 3 is 2.37 bits per heavy atom. The van der Waals surface area contributed by atoms with E-state index in [-0.39, 0.29) is 5.88 Å². The fourth-order valence-electron chi connectivity index (χ4n) is 1.75. The van der Waals surface area contributed by atoms with Gasteiger partial charge in [0.25, 0.3) is 5.88 Å². The lowest BCUT2D eigenvalue weighted by atomic mass is 10.1. The lowest BCUT2D eigenvalue weighted by Gasteiger charge is -2.11. The van der Waals surface area contributed by atoms with E-state index in [1.807, 2.05) is 19.9 Å². The highest BCUT2D eigenvalue weighted by atomic mass is 16.5. The molecule has 0 aliphatic rings. The van der Waals surface area contributed by atoms with Gasteiger partial charge in [0.15, 0.2) is 0 Å². The summed E-state index contributed by atoms with van der Waals surface area (Å²) < 4.78 is 5.66. The molecular formula is C14H10N4O. The summed E-state index contributed by atoms with van der Waals surface area (Å²) in [6, 6.07) is 9.08. The molecule has 2 aromatic rings. The average molecular weight is 250 g/mol. The first-order valence-electron chi connectivity index (χ1n) is 5.56. The van der Waals surface area contributed by atoms with Crippen LogP contribution in [0.5, 0.6) is 11.6 Å². The van der Waals surface area contributed by atoms with Gasteiger partial charge in [-0.15, -0.1) is 5.10 Å². The van der Waals surface area contributed by atoms with Gasteiger partial charge < -0.3 is 4.74 Å². The summed E-state index contributed by atoms with van der Waals surface area (Å²) in [6.45, 7) is 3.68. The highest BCUT2D eigenvalue weighted by molar-refractivity contribution is 5.49. The normalized spacial score (nSPS) is 9.47. The molecule has 0 bridgehead atoms. The minimum absolute atomic E-state index is 0.168. The monoisotopic (exact) mass is 250 g/mol.